The van der Waals surface area contributed by atoms with Crippen LogP contribution in [0.15, 0.2) is 12.1 Å². The Bertz CT molecular complexity index is 521. The number of ether oxygens (including phenoxy) is 2. The summed E-state index contributed by atoms with van der Waals surface area (Å²) in [4.78, 5) is 0. The van der Waals surface area contributed by atoms with Gasteiger partial charge in [-0.15, -0.1) is 0 Å². The van der Waals surface area contributed by atoms with E-state index in [1.165, 1.54) is 6.42 Å². The number of halogens is 1. The fourth-order valence-corrected chi connectivity index (χ4v) is 3.97. The molecule has 2 saturated carbocycles. The van der Waals surface area contributed by atoms with E-state index >= 15 is 0 Å². The van der Waals surface area contributed by atoms with E-state index in [-0.39, 0.29) is 0 Å². The Balaban J connectivity index is 1.61. The highest BCUT2D eigenvalue weighted by Gasteiger charge is 2.48. The quantitative estimate of drug-likeness (QED) is 0.906. The van der Waals surface area contributed by atoms with E-state index in [2.05, 4.69) is 0 Å². The zero-order chi connectivity index (χ0) is 13.7. The van der Waals surface area contributed by atoms with Gasteiger partial charge in [-0.1, -0.05) is 11.6 Å². The zero-order valence-corrected chi connectivity index (χ0v) is 12.1. The van der Waals surface area contributed by atoms with Gasteiger partial charge in [-0.3, -0.25) is 0 Å². The lowest BCUT2D eigenvalue weighted by atomic mass is 9.91. The van der Waals surface area contributed by atoms with Crippen molar-refractivity contribution in [2.24, 2.45) is 17.8 Å². The van der Waals surface area contributed by atoms with E-state index in [1.807, 2.05) is 6.07 Å². The normalized spacial score (nSPS) is 32.4. The Morgan fingerprint density at radius 2 is 1.70 bits per heavy atom. The number of hydrogen-bond donors (Lipinski definition) is 1. The first-order valence-corrected chi connectivity index (χ1v) is 7.87. The number of fused-ring (bicyclic) bond motifs is 2. The van der Waals surface area contributed by atoms with Crippen LogP contribution in [0.2, 0.25) is 5.02 Å². The lowest BCUT2D eigenvalue weighted by Crippen LogP contribution is -2.12. The maximum Gasteiger partial charge on any atom is 0.162 e. The first-order chi connectivity index (χ1) is 9.72. The molecule has 0 saturated heterocycles. The van der Waals surface area contributed by atoms with Gasteiger partial charge in [0.1, 0.15) is 0 Å². The molecule has 3 unspecified atom stereocenters. The van der Waals surface area contributed by atoms with Crippen molar-refractivity contribution in [2.75, 3.05) is 13.2 Å². The van der Waals surface area contributed by atoms with Crippen LogP contribution in [0.1, 0.15) is 37.4 Å². The highest BCUT2D eigenvalue weighted by molar-refractivity contribution is 6.31. The summed E-state index contributed by atoms with van der Waals surface area (Å²) in [7, 11) is 0. The minimum absolute atomic E-state index is 0.348. The van der Waals surface area contributed by atoms with Gasteiger partial charge in [0.25, 0.3) is 0 Å². The Morgan fingerprint density at radius 1 is 1.05 bits per heavy atom. The van der Waals surface area contributed by atoms with Crippen molar-refractivity contribution in [3.05, 3.63) is 22.7 Å². The van der Waals surface area contributed by atoms with Crippen molar-refractivity contribution in [2.45, 2.75) is 31.8 Å². The Morgan fingerprint density at radius 3 is 2.40 bits per heavy atom. The third-order valence-corrected chi connectivity index (χ3v) is 5.24. The van der Waals surface area contributed by atoms with Crippen LogP contribution in [0.5, 0.6) is 11.5 Å². The zero-order valence-electron chi connectivity index (χ0n) is 11.3. The van der Waals surface area contributed by atoms with Crippen LogP contribution in [-0.2, 0) is 0 Å². The molecular weight excluding hydrogens is 276 g/mol. The predicted molar refractivity (Wildman–Crippen MR) is 76.3 cm³/mol. The maximum atomic E-state index is 10.6. The van der Waals surface area contributed by atoms with Crippen molar-refractivity contribution in [1.82, 2.24) is 0 Å². The largest absolute Gasteiger partial charge is 0.490 e. The van der Waals surface area contributed by atoms with E-state index < -0.39 is 6.10 Å². The van der Waals surface area contributed by atoms with Crippen molar-refractivity contribution >= 4 is 11.6 Å². The van der Waals surface area contributed by atoms with Crippen LogP contribution < -0.4 is 9.47 Å². The topological polar surface area (TPSA) is 38.7 Å². The second-order valence-electron chi connectivity index (χ2n) is 6.30. The summed E-state index contributed by atoms with van der Waals surface area (Å²) in [6.07, 6.45) is 4.02. The third kappa shape index (κ3) is 2.17. The molecule has 3 nitrogen and oxygen atoms in total. The third-order valence-electron chi connectivity index (χ3n) is 4.91. The van der Waals surface area contributed by atoms with E-state index in [1.54, 1.807) is 6.07 Å². The minimum Gasteiger partial charge on any atom is -0.490 e. The van der Waals surface area contributed by atoms with Crippen molar-refractivity contribution in [3.8, 4) is 11.5 Å². The van der Waals surface area contributed by atoms with Crippen LogP contribution >= 0.6 is 11.6 Å². The van der Waals surface area contributed by atoms with Gasteiger partial charge in [0.15, 0.2) is 11.5 Å². The molecule has 1 heterocycles. The number of aliphatic hydroxyl groups is 1. The summed E-state index contributed by atoms with van der Waals surface area (Å²) in [6, 6.07) is 3.66. The molecule has 4 heteroatoms. The Labute approximate surface area is 123 Å². The molecule has 20 heavy (non-hydrogen) atoms. The van der Waals surface area contributed by atoms with Crippen LogP contribution in [0.4, 0.5) is 0 Å². The van der Waals surface area contributed by atoms with Gasteiger partial charge in [-0.25, -0.2) is 0 Å². The molecule has 1 aliphatic heterocycles. The molecule has 1 aromatic carbocycles. The van der Waals surface area contributed by atoms with E-state index in [4.69, 9.17) is 21.1 Å². The Kier molecular flexibility index (Phi) is 3.08. The first-order valence-electron chi connectivity index (χ1n) is 7.49. The summed E-state index contributed by atoms with van der Waals surface area (Å²) in [5.41, 5.74) is 0.794. The molecule has 108 valence electrons. The van der Waals surface area contributed by atoms with Gasteiger partial charge < -0.3 is 14.6 Å². The van der Waals surface area contributed by atoms with Gasteiger partial charge in [0.05, 0.1) is 24.3 Å². The molecule has 2 aliphatic carbocycles. The molecule has 1 N–H and O–H groups in total. The molecule has 4 rings (SSSR count). The summed E-state index contributed by atoms with van der Waals surface area (Å²) in [5.74, 6) is 3.46. The van der Waals surface area contributed by atoms with E-state index in [9.17, 15) is 5.11 Å². The summed E-state index contributed by atoms with van der Waals surface area (Å²) in [6.45, 7) is 1.30. The van der Waals surface area contributed by atoms with Crippen LogP contribution in [-0.4, -0.2) is 18.3 Å². The van der Waals surface area contributed by atoms with Crippen LogP contribution in [0.3, 0.4) is 0 Å². The number of rotatable bonds is 2. The van der Waals surface area contributed by atoms with E-state index in [0.29, 0.717) is 35.7 Å². The highest BCUT2D eigenvalue weighted by atomic mass is 35.5. The second-order valence-corrected chi connectivity index (χ2v) is 6.71. The molecule has 3 atom stereocenters. The molecule has 0 aromatic heterocycles. The standard InChI is InChI=1S/C16H19ClO3/c17-13-8-15-14(19-2-1-3-20-15)7-12(13)16(18)11-5-9-4-10(9)6-11/h7-11,16,18H,1-6H2. The fraction of sp³-hybridized carbons (Fsp3) is 0.625. The molecular formula is C16H19ClO3. The molecule has 3 aliphatic rings. The smallest absolute Gasteiger partial charge is 0.162 e. The van der Waals surface area contributed by atoms with Gasteiger partial charge >= 0.3 is 0 Å². The van der Waals surface area contributed by atoms with Crippen molar-refractivity contribution in [3.63, 3.8) is 0 Å². The number of aliphatic hydroxyl groups excluding tert-OH is 1. The molecule has 2 fully saturated rings. The highest BCUT2D eigenvalue weighted by Crippen LogP contribution is 2.57. The SMILES string of the molecule is OC(c1cc2c(cc1Cl)OCCCO2)C1CC2CC2C1. The lowest BCUT2D eigenvalue weighted by molar-refractivity contribution is 0.104. The van der Waals surface area contributed by atoms with Gasteiger partial charge in [0, 0.05) is 18.1 Å². The maximum absolute atomic E-state index is 10.6. The second kappa shape index (κ2) is 4.81. The fourth-order valence-electron chi connectivity index (χ4n) is 3.70. The minimum atomic E-state index is -0.479. The van der Waals surface area contributed by atoms with Crippen molar-refractivity contribution < 1.29 is 14.6 Å². The number of benzene rings is 1. The summed E-state index contributed by atoms with van der Waals surface area (Å²) < 4.78 is 11.3. The van der Waals surface area contributed by atoms with Crippen LogP contribution in [0, 0.1) is 17.8 Å². The molecule has 0 spiro atoms. The summed E-state index contributed by atoms with van der Waals surface area (Å²) in [5, 5.41) is 11.2. The molecule has 0 radical (unpaired) electrons. The van der Waals surface area contributed by atoms with Gasteiger partial charge in [0.2, 0.25) is 0 Å². The number of hydrogen-bond acceptors (Lipinski definition) is 3. The average molecular weight is 295 g/mol. The lowest BCUT2D eigenvalue weighted by Gasteiger charge is -2.22. The predicted octanol–water partition coefficient (Wildman–Crippen LogP) is 3.58. The van der Waals surface area contributed by atoms with E-state index in [0.717, 1.165) is 36.7 Å². The van der Waals surface area contributed by atoms with Crippen LogP contribution in [0.25, 0.3) is 0 Å². The Hall–Kier alpha value is -0.930. The first kappa shape index (κ1) is 12.8. The monoisotopic (exact) mass is 294 g/mol. The van der Waals surface area contributed by atoms with Crippen molar-refractivity contribution in [1.29, 1.82) is 0 Å². The average Bonchev–Trinajstić information content (AvgIpc) is 3.12. The molecule has 0 amide bonds. The van der Waals surface area contributed by atoms with Gasteiger partial charge in [-0.05, 0) is 43.1 Å². The summed E-state index contributed by atoms with van der Waals surface area (Å²) >= 11 is 6.34. The molecule has 1 aromatic rings. The molecule has 0 bridgehead atoms. The van der Waals surface area contributed by atoms with Gasteiger partial charge in [-0.2, -0.15) is 0 Å².